The summed E-state index contributed by atoms with van der Waals surface area (Å²) in [4.78, 5) is 25.7. The predicted molar refractivity (Wildman–Crippen MR) is 80.5 cm³/mol. The minimum Gasteiger partial charge on any atom is -0.351 e. The van der Waals surface area contributed by atoms with E-state index in [1.807, 2.05) is 0 Å². The minimum atomic E-state index is -0.518. The Hall–Kier alpha value is -2.17. The van der Waals surface area contributed by atoms with Gasteiger partial charge in [0.15, 0.2) is 0 Å². The Morgan fingerprint density at radius 1 is 1.36 bits per heavy atom. The number of hydrogen-bond donors (Lipinski definition) is 1. The van der Waals surface area contributed by atoms with Crippen LogP contribution in [0, 0.1) is 11.2 Å². The normalized spacial score (nSPS) is 24.0. The van der Waals surface area contributed by atoms with Crippen LogP contribution >= 0.6 is 0 Å². The second-order valence-electron chi connectivity index (χ2n) is 6.02. The summed E-state index contributed by atoms with van der Waals surface area (Å²) in [6.07, 6.45) is 5.12. The fourth-order valence-corrected chi connectivity index (χ4v) is 3.48. The zero-order chi connectivity index (χ0) is 15.7. The number of benzene rings is 1. The van der Waals surface area contributed by atoms with Gasteiger partial charge in [-0.1, -0.05) is 18.2 Å². The average molecular weight is 302 g/mol. The zero-order valence-electron chi connectivity index (χ0n) is 12.6. The van der Waals surface area contributed by atoms with Gasteiger partial charge in [-0.25, -0.2) is 4.39 Å². The van der Waals surface area contributed by atoms with Crippen molar-refractivity contribution in [1.29, 1.82) is 0 Å². The molecule has 1 fully saturated rings. The van der Waals surface area contributed by atoms with Crippen molar-refractivity contribution < 1.29 is 14.0 Å². The third kappa shape index (κ3) is 2.40. The van der Waals surface area contributed by atoms with Crippen LogP contribution in [0.15, 0.2) is 36.0 Å². The van der Waals surface area contributed by atoms with Crippen molar-refractivity contribution >= 4 is 11.8 Å². The maximum atomic E-state index is 13.7. The molecule has 5 heteroatoms. The van der Waals surface area contributed by atoms with E-state index < -0.39 is 11.7 Å². The minimum absolute atomic E-state index is 0.0580. The van der Waals surface area contributed by atoms with E-state index in [1.54, 1.807) is 24.1 Å². The van der Waals surface area contributed by atoms with Crippen molar-refractivity contribution in [1.82, 2.24) is 10.2 Å². The number of fused-ring (bicyclic) bond motifs is 1. The average Bonchev–Trinajstić information content (AvgIpc) is 2.94. The predicted octanol–water partition coefficient (Wildman–Crippen LogP) is 2.47. The van der Waals surface area contributed by atoms with Gasteiger partial charge in [-0.15, -0.1) is 0 Å². The summed E-state index contributed by atoms with van der Waals surface area (Å²) < 4.78 is 13.7. The van der Waals surface area contributed by atoms with Crippen LogP contribution in [-0.2, 0) is 4.79 Å². The standard InChI is InChI=1S/C17H19FN2O2/c1-20-14-7-4-9-17(14,10-8-15(20)21)11-19-16(22)12-5-2-3-6-13(12)18/h2-3,5-7H,4,8-11H2,1H3,(H,19,22)/t17-/m0/s1. The van der Waals surface area contributed by atoms with E-state index in [4.69, 9.17) is 0 Å². The van der Waals surface area contributed by atoms with E-state index in [2.05, 4.69) is 11.4 Å². The van der Waals surface area contributed by atoms with Gasteiger partial charge in [0.25, 0.3) is 5.91 Å². The fourth-order valence-electron chi connectivity index (χ4n) is 3.48. The van der Waals surface area contributed by atoms with E-state index in [1.165, 1.54) is 12.1 Å². The molecule has 1 heterocycles. The number of piperidine rings is 1. The molecule has 0 unspecified atom stereocenters. The van der Waals surface area contributed by atoms with E-state index in [0.717, 1.165) is 25.0 Å². The van der Waals surface area contributed by atoms with Crippen LogP contribution in [0.5, 0.6) is 0 Å². The molecule has 1 aliphatic carbocycles. The molecule has 1 N–H and O–H groups in total. The third-order valence-corrected chi connectivity index (χ3v) is 4.76. The van der Waals surface area contributed by atoms with Crippen LogP contribution in [0.25, 0.3) is 0 Å². The SMILES string of the molecule is CN1C(=O)CC[C@]2(CNC(=O)c3ccccc3F)CCC=C12. The molecular weight excluding hydrogens is 283 g/mol. The highest BCUT2D eigenvalue weighted by Crippen LogP contribution is 2.46. The summed E-state index contributed by atoms with van der Waals surface area (Å²) in [7, 11) is 1.78. The first kappa shape index (κ1) is 14.8. The molecule has 1 atom stereocenters. The molecule has 0 bridgehead atoms. The third-order valence-electron chi connectivity index (χ3n) is 4.76. The molecule has 22 heavy (non-hydrogen) atoms. The van der Waals surface area contributed by atoms with Crippen molar-refractivity contribution in [2.24, 2.45) is 5.41 Å². The lowest BCUT2D eigenvalue weighted by Crippen LogP contribution is -2.46. The molecule has 3 rings (SSSR count). The Morgan fingerprint density at radius 3 is 2.91 bits per heavy atom. The van der Waals surface area contributed by atoms with Crippen molar-refractivity contribution in [2.45, 2.75) is 25.7 Å². The smallest absolute Gasteiger partial charge is 0.254 e. The highest BCUT2D eigenvalue weighted by Gasteiger charge is 2.44. The summed E-state index contributed by atoms with van der Waals surface area (Å²) >= 11 is 0. The fraction of sp³-hybridized carbons (Fsp3) is 0.412. The lowest BCUT2D eigenvalue weighted by Gasteiger charge is -2.41. The van der Waals surface area contributed by atoms with Gasteiger partial charge < -0.3 is 10.2 Å². The molecule has 1 saturated heterocycles. The first-order valence-electron chi connectivity index (χ1n) is 7.53. The van der Waals surface area contributed by atoms with Crippen LogP contribution in [-0.4, -0.2) is 30.3 Å². The van der Waals surface area contributed by atoms with Crippen LogP contribution in [0.2, 0.25) is 0 Å². The van der Waals surface area contributed by atoms with Gasteiger partial charge in [0.1, 0.15) is 5.82 Å². The number of hydrogen-bond acceptors (Lipinski definition) is 2. The van der Waals surface area contributed by atoms with Gasteiger partial charge in [-0.05, 0) is 31.4 Å². The first-order valence-corrected chi connectivity index (χ1v) is 7.53. The molecule has 2 aliphatic rings. The van der Waals surface area contributed by atoms with Crippen LogP contribution in [0.3, 0.4) is 0 Å². The molecule has 0 spiro atoms. The molecule has 1 aromatic carbocycles. The van der Waals surface area contributed by atoms with Gasteiger partial charge in [-0.2, -0.15) is 0 Å². The molecular formula is C17H19FN2O2. The number of allylic oxidation sites excluding steroid dienone is 1. The number of carbonyl (C=O) groups excluding carboxylic acids is 2. The largest absolute Gasteiger partial charge is 0.351 e. The Bertz CT molecular complexity index is 656. The lowest BCUT2D eigenvalue weighted by atomic mass is 9.77. The summed E-state index contributed by atoms with van der Waals surface area (Å²) in [5.41, 5.74) is 0.865. The maximum absolute atomic E-state index is 13.7. The van der Waals surface area contributed by atoms with Gasteiger partial charge in [0.2, 0.25) is 5.91 Å². The maximum Gasteiger partial charge on any atom is 0.254 e. The molecule has 0 aromatic heterocycles. The Kier molecular flexibility index (Phi) is 3.72. The Balaban J connectivity index is 1.73. The molecule has 2 amide bonds. The van der Waals surface area contributed by atoms with E-state index in [-0.39, 0.29) is 16.9 Å². The van der Waals surface area contributed by atoms with Crippen LogP contribution < -0.4 is 5.32 Å². The quantitative estimate of drug-likeness (QED) is 0.932. The highest BCUT2D eigenvalue weighted by atomic mass is 19.1. The summed E-state index contributed by atoms with van der Waals surface area (Å²) in [5, 5.41) is 2.85. The topological polar surface area (TPSA) is 49.4 Å². The van der Waals surface area contributed by atoms with E-state index in [0.29, 0.717) is 13.0 Å². The van der Waals surface area contributed by atoms with Crippen molar-refractivity contribution in [2.75, 3.05) is 13.6 Å². The number of likely N-dealkylation sites (tertiary alicyclic amines) is 1. The van der Waals surface area contributed by atoms with Gasteiger partial charge in [0.05, 0.1) is 5.56 Å². The highest BCUT2D eigenvalue weighted by molar-refractivity contribution is 5.94. The van der Waals surface area contributed by atoms with Crippen molar-refractivity contribution in [3.8, 4) is 0 Å². The summed E-state index contributed by atoms with van der Waals surface area (Å²) in [6, 6.07) is 5.96. The van der Waals surface area contributed by atoms with E-state index in [9.17, 15) is 14.0 Å². The second-order valence-corrected chi connectivity index (χ2v) is 6.02. The number of carbonyl (C=O) groups is 2. The molecule has 4 nitrogen and oxygen atoms in total. The molecule has 116 valence electrons. The second kappa shape index (κ2) is 5.55. The first-order chi connectivity index (χ1) is 10.5. The molecule has 0 saturated carbocycles. The number of amides is 2. The number of halogens is 1. The zero-order valence-corrected chi connectivity index (χ0v) is 12.6. The Labute approximate surface area is 129 Å². The lowest BCUT2D eigenvalue weighted by molar-refractivity contribution is -0.131. The van der Waals surface area contributed by atoms with E-state index >= 15 is 0 Å². The number of rotatable bonds is 3. The monoisotopic (exact) mass is 302 g/mol. The molecule has 1 aliphatic heterocycles. The molecule has 0 radical (unpaired) electrons. The van der Waals surface area contributed by atoms with Gasteiger partial charge >= 0.3 is 0 Å². The van der Waals surface area contributed by atoms with Crippen LogP contribution in [0.4, 0.5) is 4.39 Å². The van der Waals surface area contributed by atoms with Gasteiger partial charge in [0, 0.05) is 31.1 Å². The summed E-state index contributed by atoms with van der Waals surface area (Å²) in [6.45, 7) is 0.434. The van der Waals surface area contributed by atoms with Crippen LogP contribution in [0.1, 0.15) is 36.0 Å². The van der Waals surface area contributed by atoms with Crippen molar-refractivity contribution in [3.63, 3.8) is 0 Å². The van der Waals surface area contributed by atoms with Crippen molar-refractivity contribution in [3.05, 3.63) is 47.4 Å². The number of nitrogens with one attached hydrogen (secondary N) is 1. The Morgan fingerprint density at radius 2 is 2.14 bits per heavy atom. The van der Waals surface area contributed by atoms with Gasteiger partial charge in [-0.3, -0.25) is 9.59 Å². The summed E-state index contributed by atoms with van der Waals surface area (Å²) in [5.74, 6) is -0.807. The molecule has 1 aromatic rings. The number of nitrogens with zero attached hydrogens (tertiary/aromatic N) is 1.